The molecule has 0 spiro atoms. The van der Waals surface area contributed by atoms with Crippen molar-refractivity contribution in [3.05, 3.63) is 29.8 Å². The summed E-state index contributed by atoms with van der Waals surface area (Å²) < 4.78 is 0. The number of hydrazone groups is 1. The number of hydrogen-bond acceptors (Lipinski definition) is 2. The summed E-state index contributed by atoms with van der Waals surface area (Å²) in [5.41, 5.74) is 7.31. The van der Waals surface area contributed by atoms with Crippen molar-refractivity contribution in [3.63, 3.8) is 0 Å². The third kappa shape index (κ3) is 4.09. The fraction of sp³-hybridized carbons (Fsp3) is 0.588. The molecule has 1 saturated carbocycles. The molecule has 1 N–H and O–H groups in total. The zero-order chi connectivity index (χ0) is 13.9. The normalized spacial score (nSPS) is 20.2. The Bertz CT molecular complexity index is 445. The second-order valence-electron chi connectivity index (χ2n) is 6.80. The summed E-state index contributed by atoms with van der Waals surface area (Å²) >= 11 is 0. The van der Waals surface area contributed by atoms with Crippen LogP contribution in [0.3, 0.4) is 0 Å². The molecule has 19 heavy (non-hydrogen) atoms. The molecular formula is C17H26N2. The number of nitrogens with one attached hydrogen (secondary N) is 1. The molecule has 1 aliphatic rings. The van der Waals surface area contributed by atoms with Crippen LogP contribution in [-0.2, 0) is 0 Å². The van der Waals surface area contributed by atoms with Gasteiger partial charge in [0.15, 0.2) is 0 Å². The lowest BCUT2D eigenvalue weighted by Crippen LogP contribution is -2.26. The highest BCUT2D eigenvalue weighted by Gasteiger charge is 2.27. The smallest absolute Gasteiger partial charge is 0.0564 e. The van der Waals surface area contributed by atoms with Crippen LogP contribution in [0.15, 0.2) is 29.4 Å². The Morgan fingerprint density at radius 2 is 1.84 bits per heavy atom. The lowest BCUT2D eigenvalue weighted by atomic mass is 9.72. The summed E-state index contributed by atoms with van der Waals surface area (Å²) in [4.78, 5) is 0. The first-order valence-corrected chi connectivity index (χ1v) is 7.33. The van der Waals surface area contributed by atoms with E-state index in [0.29, 0.717) is 5.41 Å². The van der Waals surface area contributed by atoms with Gasteiger partial charge in [0.2, 0.25) is 0 Å². The molecule has 2 rings (SSSR count). The molecule has 0 atom stereocenters. The molecule has 0 aromatic heterocycles. The van der Waals surface area contributed by atoms with Gasteiger partial charge in [-0.15, -0.1) is 0 Å². The monoisotopic (exact) mass is 258 g/mol. The minimum absolute atomic E-state index is 0.440. The van der Waals surface area contributed by atoms with Gasteiger partial charge in [0.25, 0.3) is 0 Å². The van der Waals surface area contributed by atoms with Crippen LogP contribution >= 0.6 is 0 Å². The van der Waals surface area contributed by atoms with Gasteiger partial charge >= 0.3 is 0 Å². The average molecular weight is 258 g/mol. The van der Waals surface area contributed by atoms with E-state index in [4.69, 9.17) is 0 Å². The van der Waals surface area contributed by atoms with E-state index < -0.39 is 0 Å². The number of anilines is 1. The second kappa shape index (κ2) is 5.77. The maximum Gasteiger partial charge on any atom is 0.0564 e. The van der Waals surface area contributed by atoms with Crippen molar-refractivity contribution in [2.75, 3.05) is 5.43 Å². The summed E-state index contributed by atoms with van der Waals surface area (Å²) in [5, 5.41) is 4.58. The Balaban J connectivity index is 1.89. The summed E-state index contributed by atoms with van der Waals surface area (Å²) in [6.45, 7) is 9.16. The topological polar surface area (TPSA) is 24.4 Å². The lowest BCUT2D eigenvalue weighted by Gasteiger charge is -2.34. The summed E-state index contributed by atoms with van der Waals surface area (Å²) in [6.07, 6.45) is 4.83. The van der Waals surface area contributed by atoms with E-state index in [-0.39, 0.29) is 0 Å². The molecule has 0 unspecified atom stereocenters. The van der Waals surface area contributed by atoms with Gasteiger partial charge in [-0.05, 0) is 61.6 Å². The number of rotatable bonds is 2. The van der Waals surface area contributed by atoms with Gasteiger partial charge in [-0.3, -0.25) is 5.43 Å². The van der Waals surface area contributed by atoms with Crippen LogP contribution in [0.25, 0.3) is 0 Å². The largest absolute Gasteiger partial charge is 0.279 e. The second-order valence-corrected chi connectivity index (χ2v) is 6.80. The minimum Gasteiger partial charge on any atom is -0.279 e. The SMILES string of the molecule is Cc1cccc(NN=C2CCC(C(C)(C)C)CC2)c1. The van der Waals surface area contributed by atoms with Crippen LogP contribution in [-0.4, -0.2) is 5.71 Å². The zero-order valence-electron chi connectivity index (χ0n) is 12.7. The molecule has 0 saturated heterocycles. The van der Waals surface area contributed by atoms with Gasteiger partial charge in [0, 0.05) is 5.71 Å². The number of aryl methyl sites for hydroxylation is 1. The molecule has 1 fully saturated rings. The Hall–Kier alpha value is -1.31. The first-order chi connectivity index (χ1) is 8.95. The van der Waals surface area contributed by atoms with Gasteiger partial charge in [-0.2, -0.15) is 5.10 Å². The predicted molar refractivity (Wildman–Crippen MR) is 83.6 cm³/mol. The maximum atomic E-state index is 4.58. The zero-order valence-corrected chi connectivity index (χ0v) is 12.7. The first-order valence-electron chi connectivity index (χ1n) is 7.33. The number of hydrogen-bond donors (Lipinski definition) is 1. The third-order valence-electron chi connectivity index (χ3n) is 4.15. The highest BCUT2D eigenvalue weighted by Crippen LogP contribution is 2.36. The van der Waals surface area contributed by atoms with Gasteiger partial charge in [0.05, 0.1) is 5.69 Å². The van der Waals surface area contributed by atoms with E-state index in [1.165, 1.54) is 24.1 Å². The fourth-order valence-electron chi connectivity index (χ4n) is 2.79. The van der Waals surface area contributed by atoms with Crippen LogP contribution in [0.4, 0.5) is 5.69 Å². The molecule has 0 heterocycles. The minimum atomic E-state index is 0.440. The van der Waals surface area contributed by atoms with E-state index in [2.05, 4.69) is 62.5 Å². The molecule has 1 aliphatic carbocycles. The molecule has 0 amide bonds. The van der Waals surface area contributed by atoms with E-state index in [1.807, 2.05) is 0 Å². The summed E-state index contributed by atoms with van der Waals surface area (Å²) in [6, 6.07) is 8.36. The fourth-order valence-corrected chi connectivity index (χ4v) is 2.79. The summed E-state index contributed by atoms with van der Waals surface area (Å²) in [7, 11) is 0. The van der Waals surface area contributed by atoms with Crippen molar-refractivity contribution < 1.29 is 0 Å². The predicted octanol–water partition coefficient (Wildman–Crippen LogP) is 5.00. The maximum absolute atomic E-state index is 4.58. The van der Waals surface area contributed by atoms with Gasteiger partial charge in [-0.1, -0.05) is 32.9 Å². The highest BCUT2D eigenvalue weighted by atomic mass is 15.3. The third-order valence-corrected chi connectivity index (χ3v) is 4.15. The van der Waals surface area contributed by atoms with Crippen molar-refractivity contribution >= 4 is 11.4 Å². The molecule has 0 radical (unpaired) electrons. The number of benzene rings is 1. The Kier molecular flexibility index (Phi) is 4.28. The van der Waals surface area contributed by atoms with Crippen LogP contribution in [0.1, 0.15) is 52.0 Å². The van der Waals surface area contributed by atoms with E-state index in [1.54, 1.807) is 0 Å². The van der Waals surface area contributed by atoms with Crippen molar-refractivity contribution in [1.29, 1.82) is 0 Å². The van der Waals surface area contributed by atoms with E-state index in [0.717, 1.165) is 24.4 Å². The van der Waals surface area contributed by atoms with Crippen LogP contribution < -0.4 is 5.43 Å². The molecule has 0 bridgehead atoms. The number of nitrogens with zero attached hydrogens (tertiary/aromatic N) is 1. The molecular weight excluding hydrogens is 232 g/mol. The summed E-state index contributed by atoms with van der Waals surface area (Å²) in [5.74, 6) is 0.838. The van der Waals surface area contributed by atoms with Crippen LogP contribution in [0.5, 0.6) is 0 Å². The van der Waals surface area contributed by atoms with E-state index in [9.17, 15) is 0 Å². The first kappa shape index (κ1) is 14.1. The molecule has 104 valence electrons. The molecule has 1 aromatic rings. The Morgan fingerprint density at radius 3 is 2.42 bits per heavy atom. The lowest BCUT2D eigenvalue weighted by molar-refractivity contribution is 0.208. The van der Waals surface area contributed by atoms with Crippen LogP contribution in [0.2, 0.25) is 0 Å². The molecule has 0 aliphatic heterocycles. The van der Waals surface area contributed by atoms with Crippen molar-refractivity contribution in [1.82, 2.24) is 0 Å². The molecule has 2 nitrogen and oxygen atoms in total. The van der Waals surface area contributed by atoms with Gasteiger partial charge in [0.1, 0.15) is 0 Å². The average Bonchev–Trinajstić information content (AvgIpc) is 2.36. The quantitative estimate of drug-likeness (QED) is 0.742. The van der Waals surface area contributed by atoms with Crippen LogP contribution in [0, 0.1) is 18.3 Å². The Morgan fingerprint density at radius 1 is 1.16 bits per heavy atom. The Labute approximate surface area is 117 Å². The van der Waals surface area contributed by atoms with Crippen molar-refractivity contribution in [2.24, 2.45) is 16.4 Å². The molecule has 1 aromatic carbocycles. The molecule has 2 heteroatoms. The van der Waals surface area contributed by atoms with Gasteiger partial charge in [-0.25, -0.2) is 0 Å². The standard InChI is InChI=1S/C17H26N2/c1-13-6-5-7-16(12-13)19-18-15-10-8-14(9-11-15)17(2,3)4/h5-7,12,14,19H,8-11H2,1-4H3. The van der Waals surface area contributed by atoms with Crippen molar-refractivity contribution in [2.45, 2.75) is 53.4 Å². The van der Waals surface area contributed by atoms with Gasteiger partial charge < -0.3 is 0 Å². The van der Waals surface area contributed by atoms with Crippen molar-refractivity contribution in [3.8, 4) is 0 Å². The highest BCUT2D eigenvalue weighted by molar-refractivity contribution is 5.85. The van der Waals surface area contributed by atoms with E-state index >= 15 is 0 Å².